The summed E-state index contributed by atoms with van der Waals surface area (Å²) in [5.41, 5.74) is 0. The molecule has 0 aromatic heterocycles. The predicted molar refractivity (Wildman–Crippen MR) is 79.2 cm³/mol. The summed E-state index contributed by atoms with van der Waals surface area (Å²) in [6, 6.07) is 0. The minimum atomic E-state index is -1.72. The molecule has 2 rings (SSSR count). The van der Waals surface area contributed by atoms with E-state index < -0.39 is 67.6 Å². The zero-order valence-corrected chi connectivity index (χ0v) is 14.0. The van der Waals surface area contributed by atoms with Gasteiger partial charge in [0.25, 0.3) is 0 Å². The van der Waals surface area contributed by atoms with Crippen molar-refractivity contribution in [2.75, 3.05) is 6.61 Å². The van der Waals surface area contributed by atoms with Crippen molar-refractivity contribution in [3.8, 4) is 0 Å². The number of ether oxygens (including phenoxy) is 4. The second kappa shape index (κ2) is 7.99. The number of aliphatic hydroxyl groups is 3. The summed E-state index contributed by atoms with van der Waals surface area (Å²) >= 11 is 0. The third-order valence-electron chi connectivity index (χ3n) is 3.87. The van der Waals surface area contributed by atoms with Crippen LogP contribution in [0.15, 0.2) is 11.5 Å². The molecule has 1 fully saturated rings. The minimum Gasteiger partial charge on any atom is -0.483 e. The Bertz CT molecular complexity index is 613. The first-order chi connectivity index (χ1) is 12.1. The van der Waals surface area contributed by atoms with Gasteiger partial charge in [-0.25, -0.2) is 0 Å². The highest BCUT2D eigenvalue weighted by atomic mass is 16.7. The second-order valence-electron chi connectivity index (χ2n) is 5.90. The number of allylic oxidation sites excluding steroid dienone is 1. The number of ketones is 1. The standard InChI is InChI=1S/C15H20O11/c1-5-10(19)14(6(2)24-5)26-15-13(22)12(21)11(20)7(25-15)4-23-9(18)3-8(16)17/h5,7,11-13,15,20-22H,3-4H2,1-2H3,(H,16,17)/t5?,7-,11-,12+,13-,15+/m1/s1. The number of esters is 1. The Kier molecular flexibility index (Phi) is 6.18. The molecule has 146 valence electrons. The third kappa shape index (κ3) is 4.30. The van der Waals surface area contributed by atoms with Gasteiger partial charge >= 0.3 is 11.9 Å². The number of hydrogen-bond donors (Lipinski definition) is 4. The highest BCUT2D eigenvalue weighted by molar-refractivity contribution is 5.99. The van der Waals surface area contributed by atoms with E-state index in [9.17, 15) is 29.7 Å². The monoisotopic (exact) mass is 376 g/mol. The largest absolute Gasteiger partial charge is 0.483 e. The Morgan fingerprint density at radius 2 is 1.81 bits per heavy atom. The Balaban J connectivity index is 2.03. The molecule has 26 heavy (non-hydrogen) atoms. The lowest BCUT2D eigenvalue weighted by molar-refractivity contribution is -0.291. The maximum Gasteiger partial charge on any atom is 0.317 e. The number of Topliss-reactive ketones (excluding diaryl/α,β-unsaturated/α-hetero) is 1. The van der Waals surface area contributed by atoms with Crippen molar-refractivity contribution in [2.45, 2.75) is 57.1 Å². The van der Waals surface area contributed by atoms with Crippen LogP contribution in [0.25, 0.3) is 0 Å². The van der Waals surface area contributed by atoms with E-state index in [4.69, 9.17) is 19.3 Å². The first-order valence-corrected chi connectivity index (χ1v) is 7.77. The summed E-state index contributed by atoms with van der Waals surface area (Å²) in [6.07, 6.45) is -9.55. The van der Waals surface area contributed by atoms with E-state index in [1.165, 1.54) is 13.8 Å². The topological polar surface area (TPSA) is 169 Å². The quantitative estimate of drug-likeness (QED) is 0.300. The Morgan fingerprint density at radius 3 is 2.35 bits per heavy atom. The number of hydrogen-bond acceptors (Lipinski definition) is 10. The molecular formula is C15H20O11. The summed E-state index contributed by atoms with van der Waals surface area (Å²) in [6.45, 7) is 2.39. The Labute approximate surface area is 147 Å². The van der Waals surface area contributed by atoms with Crippen molar-refractivity contribution in [3.63, 3.8) is 0 Å². The number of aliphatic carboxylic acids is 1. The van der Waals surface area contributed by atoms with Crippen LogP contribution in [0.4, 0.5) is 0 Å². The van der Waals surface area contributed by atoms with Gasteiger partial charge in [-0.15, -0.1) is 0 Å². The van der Waals surface area contributed by atoms with Crippen LogP contribution in [-0.4, -0.2) is 81.6 Å². The number of carboxylic acid groups (broad SMARTS) is 1. The zero-order valence-electron chi connectivity index (χ0n) is 14.0. The fourth-order valence-electron chi connectivity index (χ4n) is 2.49. The molecule has 0 aromatic carbocycles. The molecule has 0 amide bonds. The van der Waals surface area contributed by atoms with Crippen LogP contribution in [0, 0.1) is 0 Å². The van der Waals surface area contributed by atoms with E-state index >= 15 is 0 Å². The van der Waals surface area contributed by atoms with Crippen molar-refractivity contribution >= 4 is 17.7 Å². The van der Waals surface area contributed by atoms with Gasteiger partial charge < -0.3 is 39.4 Å². The molecule has 0 bridgehead atoms. The molecule has 0 radical (unpaired) electrons. The molecule has 11 nitrogen and oxygen atoms in total. The van der Waals surface area contributed by atoms with Gasteiger partial charge in [0.2, 0.25) is 17.8 Å². The molecule has 6 atom stereocenters. The van der Waals surface area contributed by atoms with E-state index in [0.717, 1.165) is 0 Å². The normalized spacial score (nSPS) is 34.4. The van der Waals surface area contributed by atoms with Crippen LogP contribution in [0.3, 0.4) is 0 Å². The predicted octanol–water partition coefficient (Wildman–Crippen LogP) is -1.95. The number of carboxylic acids is 1. The maximum absolute atomic E-state index is 12.0. The van der Waals surface area contributed by atoms with Crippen LogP contribution in [0.5, 0.6) is 0 Å². The molecule has 1 saturated heterocycles. The SMILES string of the molecule is CC1=C(O[C@@H]2O[C@H](COC(=O)CC(=O)O)[C@@H](O)[C@H](O)[C@H]2O)C(=O)C(C)O1. The van der Waals surface area contributed by atoms with E-state index in [1.807, 2.05) is 0 Å². The van der Waals surface area contributed by atoms with Crippen molar-refractivity contribution < 1.29 is 53.8 Å². The average Bonchev–Trinajstić information content (AvgIpc) is 2.79. The molecule has 0 aromatic rings. The lowest BCUT2D eigenvalue weighted by Gasteiger charge is -2.39. The van der Waals surface area contributed by atoms with Gasteiger partial charge in [-0.05, 0) is 13.8 Å². The van der Waals surface area contributed by atoms with Crippen LogP contribution in [0.1, 0.15) is 20.3 Å². The average molecular weight is 376 g/mol. The van der Waals surface area contributed by atoms with Gasteiger partial charge in [0.05, 0.1) is 0 Å². The summed E-state index contributed by atoms with van der Waals surface area (Å²) in [4.78, 5) is 33.7. The van der Waals surface area contributed by atoms with Crippen LogP contribution in [0.2, 0.25) is 0 Å². The molecule has 1 unspecified atom stereocenters. The van der Waals surface area contributed by atoms with Gasteiger partial charge in [0.15, 0.2) is 6.10 Å². The molecule has 2 aliphatic heterocycles. The smallest absolute Gasteiger partial charge is 0.317 e. The lowest BCUT2D eigenvalue weighted by Crippen LogP contribution is -2.59. The Hall–Kier alpha value is -2.21. The lowest BCUT2D eigenvalue weighted by atomic mass is 9.99. The van der Waals surface area contributed by atoms with Gasteiger partial charge in [0, 0.05) is 0 Å². The first-order valence-electron chi connectivity index (χ1n) is 7.77. The minimum absolute atomic E-state index is 0.170. The number of rotatable bonds is 6. The van der Waals surface area contributed by atoms with Crippen LogP contribution < -0.4 is 0 Å². The molecule has 0 spiro atoms. The summed E-state index contributed by atoms with van der Waals surface area (Å²) in [5, 5.41) is 38.4. The summed E-state index contributed by atoms with van der Waals surface area (Å²) in [7, 11) is 0. The molecule has 4 N–H and O–H groups in total. The van der Waals surface area contributed by atoms with Crippen molar-refractivity contribution in [3.05, 3.63) is 11.5 Å². The number of aliphatic hydroxyl groups excluding tert-OH is 3. The molecule has 11 heteroatoms. The first kappa shape index (κ1) is 20.1. The molecule has 2 aliphatic rings. The number of carbonyl (C=O) groups is 3. The van der Waals surface area contributed by atoms with Crippen LogP contribution in [-0.2, 0) is 33.3 Å². The van der Waals surface area contributed by atoms with Crippen molar-refractivity contribution in [1.29, 1.82) is 0 Å². The second-order valence-corrected chi connectivity index (χ2v) is 5.90. The van der Waals surface area contributed by atoms with Crippen molar-refractivity contribution in [1.82, 2.24) is 0 Å². The highest BCUT2D eigenvalue weighted by Crippen LogP contribution is 2.29. The van der Waals surface area contributed by atoms with Gasteiger partial charge in [-0.3, -0.25) is 14.4 Å². The van der Waals surface area contributed by atoms with E-state index in [0.29, 0.717) is 0 Å². The van der Waals surface area contributed by atoms with Gasteiger partial charge in [0.1, 0.15) is 43.2 Å². The van der Waals surface area contributed by atoms with E-state index in [-0.39, 0.29) is 11.5 Å². The zero-order chi connectivity index (χ0) is 19.6. The molecule has 0 saturated carbocycles. The number of carbonyl (C=O) groups excluding carboxylic acids is 2. The molecule has 2 heterocycles. The molecule has 0 aliphatic carbocycles. The van der Waals surface area contributed by atoms with Crippen molar-refractivity contribution in [2.24, 2.45) is 0 Å². The fourth-order valence-corrected chi connectivity index (χ4v) is 2.49. The Morgan fingerprint density at radius 1 is 1.15 bits per heavy atom. The van der Waals surface area contributed by atoms with E-state index in [2.05, 4.69) is 4.74 Å². The van der Waals surface area contributed by atoms with Gasteiger partial charge in [-0.2, -0.15) is 0 Å². The summed E-state index contributed by atoms with van der Waals surface area (Å²) in [5.74, 6) is -2.97. The fraction of sp³-hybridized carbons (Fsp3) is 0.667. The van der Waals surface area contributed by atoms with E-state index in [1.54, 1.807) is 0 Å². The van der Waals surface area contributed by atoms with Gasteiger partial charge in [-0.1, -0.05) is 0 Å². The van der Waals surface area contributed by atoms with Crippen LogP contribution >= 0.6 is 0 Å². The third-order valence-corrected chi connectivity index (χ3v) is 3.87. The molecular weight excluding hydrogens is 356 g/mol. The highest BCUT2D eigenvalue weighted by Gasteiger charge is 2.47. The summed E-state index contributed by atoms with van der Waals surface area (Å²) < 4.78 is 20.4. The maximum atomic E-state index is 12.0.